The summed E-state index contributed by atoms with van der Waals surface area (Å²) in [4.78, 5) is 10.9. The Bertz CT molecular complexity index is 368. The van der Waals surface area contributed by atoms with Gasteiger partial charge in [-0.05, 0) is 17.7 Å². The van der Waals surface area contributed by atoms with E-state index in [2.05, 4.69) is 4.74 Å². The second kappa shape index (κ2) is 5.09. The molecule has 82 valence electrons. The number of benzene rings is 1. The highest BCUT2D eigenvalue weighted by Crippen LogP contribution is 2.22. The first-order chi connectivity index (χ1) is 7.04. The Morgan fingerprint density at radius 3 is 2.87 bits per heavy atom. The second-order valence-electron chi connectivity index (χ2n) is 2.97. The molecule has 0 amide bonds. The van der Waals surface area contributed by atoms with Gasteiger partial charge in [0.05, 0.1) is 24.7 Å². The number of halogens is 2. The zero-order chi connectivity index (χ0) is 11.4. The summed E-state index contributed by atoms with van der Waals surface area (Å²) in [7, 11) is 1.23. The maximum absolute atomic E-state index is 12.8. The lowest BCUT2D eigenvalue weighted by molar-refractivity contribution is -0.142. The summed E-state index contributed by atoms with van der Waals surface area (Å²) in [6.45, 7) is 0. The largest absolute Gasteiger partial charge is 0.469 e. The molecule has 0 aliphatic rings. The standard InChI is InChI=1S/C10H10ClFO3/c1-15-10(14)5-9(13)6-2-3-8(12)7(11)4-6/h2-4,9,13H,5H2,1H3. The van der Waals surface area contributed by atoms with E-state index in [0.717, 1.165) is 6.07 Å². The molecule has 0 saturated heterocycles. The summed E-state index contributed by atoms with van der Waals surface area (Å²) in [6, 6.07) is 3.79. The Hall–Kier alpha value is -1.13. The Labute approximate surface area is 91.4 Å². The maximum Gasteiger partial charge on any atom is 0.308 e. The summed E-state index contributed by atoms with van der Waals surface area (Å²) >= 11 is 5.53. The van der Waals surface area contributed by atoms with Crippen LogP contribution in [0.3, 0.4) is 0 Å². The molecule has 1 aromatic rings. The number of carbonyl (C=O) groups is 1. The highest BCUT2D eigenvalue weighted by atomic mass is 35.5. The first-order valence-electron chi connectivity index (χ1n) is 4.24. The molecule has 0 aliphatic carbocycles. The first-order valence-corrected chi connectivity index (χ1v) is 4.62. The zero-order valence-electron chi connectivity index (χ0n) is 8.04. The van der Waals surface area contributed by atoms with Gasteiger partial charge in [0.1, 0.15) is 5.82 Å². The van der Waals surface area contributed by atoms with Crippen LogP contribution in [0.4, 0.5) is 4.39 Å². The van der Waals surface area contributed by atoms with Gasteiger partial charge in [0.25, 0.3) is 0 Å². The smallest absolute Gasteiger partial charge is 0.308 e. The lowest BCUT2D eigenvalue weighted by Crippen LogP contribution is -2.08. The van der Waals surface area contributed by atoms with Crippen LogP contribution in [0.5, 0.6) is 0 Å². The van der Waals surface area contributed by atoms with E-state index in [9.17, 15) is 14.3 Å². The van der Waals surface area contributed by atoms with E-state index in [4.69, 9.17) is 11.6 Å². The average molecular weight is 233 g/mol. The summed E-state index contributed by atoms with van der Waals surface area (Å²) < 4.78 is 17.2. The van der Waals surface area contributed by atoms with Gasteiger partial charge >= 0.3 is 5.97 Å². The number of carbonyl (C=O) groups excluding carboxylic acids is 1. The minimum atomic E-state index is -1.03. The topological polar surface area (TPSA) is 46.5 Å². The van der Waals surface area contributed by atoms with Crippen LogP contribution in [0.2, 0.25) is 5.02 Å². The summed E-state index contributed by atoms with van der Waals surface area (Å²) in [5.41, 5.74) is 0.381. The molecule has 0 heterocycles. The predicted molar refractivity (Wildman–Crippen MR) is 53.0 cm³/mol. The third kappa shape index (κ3) is 3.18. The number of ether oxygens (including phenoxy) is 1. The lowest BCUT2D eigenvalue weighted by Gasteiger charge is -2.09. The van der Waals surface area contributed by atoms with Crippen molar-refractivity contribution in [1.29, 1.82) is 0 Å². The fourth-order valence-corrected chi connectivity index (χ4v) is 1.27. The third-order valence-electron chi connectivity index (χ3n) is 1.92. The minimum Gasteiger partial charge on any atom is -0.469 e. The van der Waals surface area contributed by atoms with Gasteiger partial charge in [-0.2, -0.15) is 0 Å². The molecule has 0 spiro atoms. The van der Waals surface area contributed by atoms with Crippen molar-refractivity contribution in [3.8, 4) is 0 Å². The molecule has 1 N–H and O–H groups in total. The van der Waals surface area contributed by atoms with Gasteiger partial charge in [-0.25, -0.2) is 4.39 Å². The van der Waals surface area contributed by atoms with Gasteiger partial charge in [0.15, 0.2) is 0 Å². The Kier molecular flexibility index (Phi) is 4.05. The molecule has 5 heteroatoms. The molecule has 3 nitrogen and oxygen atoms in total. The highest BCUT2D eigenvalue weighted by Gasteiger charge is 2.14. The van der Waals surface area contributed by atoms with Gasteiger partial charge in [-0.15, -0.1) is 0 Å². The Morgan fingerprint density at radius 2 is 2.33 bits per heavy atom. The van der Waals surface area contributed by atoms with E-state index in [1.165, 1.54) is 19.2 Å². The number of hydrogen-bond acceptors (Lipinski definition) is 3. The monoisotopic (exact) mass is 232 g/mol. The van der Waals surface area contributed by atoms with Crippen molar-refractivity contribution < 1.29 is 19.0 Å². The molecule has 15 heavy (non-hydrogen) atoms. The van der Waals surface area contributed by atoms with Crippen LogP contribution in [-0.4, -0.2) is 18.2 Å². The molecule has 0 saturated carbocycles. The summed E-state index contributed by atoms with van der Waals surface area (Å²) in [5, 5.41) is 9.47. The Balaban J connectivity index is 2.78. The number of hydrogen-bond donors (Lipinski definition) is 1. The van der Waals surface area contributed by atoms with Gasteiger partial charge in [0, 0.05) is 0 Å². The van der Waals surface area contributed by atoms with Crippen molar-refractivity contribution in [2.75, 3.05) is 7.11 Å². The maximum atomic E-state index is 12.8. The lowest BCUT2D eigenvalue weighted by atomic mass is 10.1. The fraction of sp³-hybridized carbons (Fsp3) is 0.300. The van der Waals surface area contributed by atoms with Crippen LogP contribution in [-0.2, 0) is 9.53 Å². The second-order valence-corrected chi connectivity index (χ2v) is 3.38. The molecular weight excluding hydrogens is 223 g/mol. The van der Waals surface area contributed by atoms with E-state index in [0.29, 0.717) is 5.56 Å². The first kappa shape index (κ1) is 11.9. The van der Waals surface area contributed by atoms with Crippen molar-refractivity contribution in [2.24, 2.45) is 0 Å². The third-order valence-corrected chi connectivity index (χ3v) is 2.21. The SMILES string of the molecule is COC(=O)CC(O)c1ccc(F)c(Cl)c1. The molecule has 0 fully saturated rings. The van der Waals surface area contributed by atoms with Crippen LogP contribution >= 0.6 is 11.6 Å². The zero-order valence-corrected chi connectivity index (χ0v) is 8.79. The van der Waals surface area contributed by atoms with Gasteiger partial charge < -0.3 is 9.84 Å². The average Bonchev–Trinajstić information content (AvgIpc) is 2.21. The quantitative estimate of drug-likeness (QED) is 0.812. The number of rotatable bonds is 3. The van der Waals surface area contributed by atoms with Crippen molar-refractivity contribution >= 4 is 17.6 Å². The van der Waals surface area contributed by atoms with E-state index in [1.807, 2.05) is 0 Å². The number of esters is 1. The molecule has 0 aromatic heterocycles. The van der Waals surface area contributed by atoms with E-state index in [-0.39, 0.29) is 11.4 Å². The molecule has 0 bridgehead atoms. The molecular formula is C10H10ClFO3. The van der Waals surface area contributed by atoms with Crippen LogP contribution in [0.1, 0.15) is 18.1 Å². The van der Waals surface area contributed by atoms with Crippen LogP contribution in [0, 0.1) is 5.82 Å². The summed E-state index contributed by atoms with van der Waals surface area (Å²) in [5.74, 6) is -1.10. The van der Waals surface area contributed by atoms with Gasteiger partial charge in [0.2, 0.25) is 0 Å². The van der Waals surface area contributed by atoms with E-state index in [1.54, 1.807) is 0 Å². The van der Waals surface area contributed by atoms with Crippen LogP contribution < -0.4 is 0 Å². The molecule has 1 unspecified atom stereocenters. The van der Waals surface area contributed by atoms with Crippen LogP contribution in [0.15, 0.2) is 18.2 Å². The Morgan fingerprint density at radius 1 is 1.67 bits per heavy atom. The summed E-state index contributed by atoms with van der Waals surface area (Å²) in [6.07, 6.45) is -1.21. The van der Waals surface area contributed by atoms with Crippen molar-refractivity contribution in [2.45, 2.75) is 12.5 Å². The minimum absolute atomic E-state index is 0.0867. The van der Waals surface area contributed by atoms with Crippen molar-refractivity contribution in [3.63, 3.8) is 0 Å². The molecule has 1 rings (SSSR count). The predicted octanol–water partition coefficient (Wildman–Crippen LogP) is 2.08. The van der Waals surface area contributed by atoms with Gasteiger partial charge in [-0.3, -0.25) is 4.79 Å². The number of aliphatic hydroxyl groups excluding tert-OH is 1. The normalized spacial score (nSPS) is 12.3. The van der Waals surface area contributed by atoms with Crippen molar-refractivity contribution in [3.05, 3.63) is 34.6 Å². The van der Waals surface area contributed by atoms with E-state index < -0.39 is 17.9 Å². The molecule has 0 radical (unpaired) electrons. The highest BCUT2D eigenvalue weighted by molar-refractivity contribution is 6.30. The van der Waals surface area contributed by atoms with Crippen LogP contribution in [0.25, 0.3) is 0 Å². The fourth-order valence-electron chi connectivity index (χ4n) is 1.08. The molecule has 1 atom stereocenters. The van der Waals surface area contributed by atoms with Crippen molar-refractivity contribution in [1.82, 2.24) is 0 Å². The van der Waals surface area contributed by atoms with E-state index >= 15 is 0 Å². The van der Waals surface area contributed by atoms with Gasteiger partial charge in [-0.1, -0.05) is 17.7 Å². The number of aliphatic hydroxyl groups is 1. The number of methoxy groups -OCH3 is 1. The molecule has 1 aromatic carbocycles. The molecule has 0 aliphatic heterocycles.